The first-order chi connectivity index (χ1) is 11.7. The van der Waals surface area contributed by atoms with E-state index in [-0.39, 0.29) is 0 Å². The molecule has 0 unspecified atom stereocenters. The van der Waals surface area contributed by atoms with Gasteiger partial charge >= 0.3 is 0 Å². The number of rotatable bonds is 5. The lowest BCUT2D eigenvalue weighted by atomic mass is 10.0. The van der Waals surface area contributed by atoms with E-state index in [4.69, 9.17) is 0 Å². The number of nitrogens with zero attached hydrogens (tertiary/aromatic N) is 2. The van der Waals surface area contributed by atoms with Crippen molar-refractivity contribution in [2.45, 2.75) is 6.92 Å². The summed E-state index contributed by atoms with van der Waals surface area (Å²) in [6.45, 7) is 3.02. The highest BCUT2D eigenvalue weighted by atomic mass is 15.1. The Morgan fingerprint density at radius 1 is 0.917 bits per heavy atom. The summed E-state index contributed by atoms with van der Waals surface area (Å²) in [5, 5.41) is 5.86. The average Bonchev–Trinajstić information content (AvgIpc) is 2.61. The molecule has 3 aromatic carbocycles. The number of aliphatic imine (C=N–C) groups is 1. The van der Waals surface area contributed by atoms with Gasteiger partial charge in [-0.15, -0.1) is 0 Å². The van der Waals surface area contributed by atoms with E-state index in [9.17, 15) is 0 Å². The molecule has 0 amide bonds. The summed E-state index contributed by atoms with van der Waals surface area (Å²) in [4.78, 5) is 6.72. The number of benzene rings is 3. The quantitative estimate of drug-likeness (QED) is 0.664. The molecule has 0 heterocycles. The van der Waals surface area contributed by atoms with E-state index in [1.54, 1.807) is 0 Å². The van der Waals surface area contributed by atoms with Gasteiger partial charge < -0.3 is 10.2 Å². The van der Waals surface area contributed by atoms with Crippen LogP contribution in [0, 0.1) is 0 Å². The largest absolute Gasteiger partial charge is 0.385 e. The number of nitrogens with one attached hydrogen (secondary N) is 1. The lowest BCUT2D eigenvalue weighted by Gasteiger charge is -2.11. The van der Waals surface area contributed by atoms with E-state index >= 15 is 0 Å². The smallest absolute Gasteiger partial charge is 0.0631 e. The van der Waals surface area contributed by atoms with Crippen molar-refractivity contribution in [3.8, 4) is 0 Å². The minimum atomic E-state index is 0.912. The standard InChI is InChI=1S/C21H23N3/c1-4-22-21-14-9-16(19-7-5-6-8-20(19)21)15-23-17-10-12-18(13-11-17)24(2)3/h5-15,22H,4H2,1-3H3. The van der Waals surface area contributed by atoms with Crippen LogP contribution >= 0.6 is 0 Å². The summed E-state index contributed by atoms with van der Waals surface area (Å²) in [7, 11) is 4.08. The number of fused-ring (bicyclic) bond motifs is 1. The van der Waals surface area contributed by atoms with Gasteiger partial charge in [0.2, 0.25) is 0 Å². The Labute approximate surface area is 143 Å². The van der Waals surface area contributed by atoms with Gasteiger partial charge in [-0.3, -0.25) is 4.99 Å². The van der Waals surface area contributed by atoms with Crippen LogP contribution < -0.4 is 10.2 Å². The van der Waals surface area contributed by atoms with Gasteiger partial charge in [0.25, 0.3) is 0 Å². The van der Waals surface area contributed by atoms with Gasteiger partial charge in [-0.2, -0.15) is 0 Å². The fraction of sp³-hybridized carbons (Fsp3) is 0.190. The van der Waals surface area contributed by atoms with Crippen LogP contribution in [0.1, 0.15) is 12.5 Å². The molecule has 0 radical (unpaired) electrons. The van der Waals surface area contributed by atoms with Gasteiger partial charge in [0, 0.05) is 49.2 Å². The minimum Gasteiger partial charge on any atom is -0.385 e. The molecule has 0 spiro atoms. The van der Waals surface area contributed by atoms with Gasteiger partial charge in [0.1, 0.15) is 0 Å². The maximum atomic E-state index is 4.64. The summed E-state index contributed by atoms with van der Waals surface area (Å²) < 4.78 is 0. The van der Waals surface area contributed by atoms with Crippen molar-refractivity contribution in [2.24, 2.45) is 4.99 Å². The van der Waals surface area contributed by atoms with Gasteiger partial charge in [-0.1, -0.05) is 30.3 Å². The second-order valence-electron chi connectivity index (χ2n) is 5.95. The van der Waals surface area contributed by atoms with E-state index in [1.807, 2.05) is 32.4 Å². The Kier molecular flexibility index (Phi) is 4.80. The van der Waals surface area contributed by atoms with Crippen LogP contribution in [0.25, 0.3) is 10.8 Å². The third kappa shape index (κ3) is 3.40. The van der Waals surface area contributed by atoms with E-state index in [0.717, 1.165) is 17.8 Å². The SMILES string of the molecule is CCNc1ccc(C=Nc2ccc(N(C)C)cc2)c2ccccc12. The Morgan fingerprint density at radius 2 is 1.62 bits per heavy atom. The minimum absolute atomic E-state index is 0.912. The van der Waals surface area contributed by atoms with Crippen molar-refractivity contribution in [3.63, 3.8) is 0 Å². The van der Waals surface area contributed by atoms with Crippen molar-refractivity contribution in [2.75, 3.05) is 30.9 Å². The van der Waals surface area contributed by atoms with E-state index < -0.39 is 0 Å². The number of anilines is 2. The van der Waals surface area contributed by atoms with Crippen LogP contribution in [0.4, 0.5) is 17.1 Å². The van der Waals surface area contributed by atoms with Crippen LogP contribution in [0.15, 0.2) is 65.7 Å². The van der Waals surface area contributed by atoms with Crippen LogP contribution in [0.2, 0.25) is 0 Å². The summed E-state index contributed by atoms with van der Waals surface area (Å²) in [5.74, 6) is 0. The Hall–Kier alpha value is -2.81. The Balaban J connectivity index is 1.93. The molecule has 0 saturated carbocycles. The molecule has 24 heavy (non-hydrogen) atoms. The third-order valence-electron chi connectivity index (χ3n) is 4.04. The van der Waals surface area contributed by atoms with Crippen LogP contribution in [0.5, 0.6) is 0 Å². The van der Waals surface area contributed by atoms with Gasteiger partial charge in [0.05, 0.1) is 5.69 Å². The first-order valence-corrected chi connectivity index (χ1v) is 8.26. The van der Waals surface area contributed by atoms with Crippen molar-refractivity contribution >= 4 is 34.0 Å². The normalized spacial score (nSPS) is 11.1. The maximum Gasteiger partial charge on any atom is 0.0631 e. The topological polar surface area (TPSA) is 27.6 Å². The third-order valence-corrected chi connectivity index (χ3v) is 4.04. The first kappa shape index (κ1) is 16.1. The molecule has 0 aliphatic rings. The highest BCUT2D eigenvalue weighted by molar-refractivity contribution is 6.05. The zero-order valence-electron chi connectivity index (χ0n) is 14.5. The van der Waals surface area contributed by atoms with Gasteiger partial charge in [-0.05, 0) is 42.6 Å². The summed E-state index contributed by atoms with van der Waals surface area (Å²) >= 11 is 0. The van der Waals surface area contributed by atoms with E-state index in [2.05, 4.69) is 70.7 Å². The number of hydrogen-bond donors (Lipinski definition) is 1. The molecule has 1 N–H and O–H groups in total. The van der Waals surface area contributed by atoms with Crippen LogP contribution in [-0.4, -0.2) is 26.9 Å². The van der Waals surface area contributed by atoms with Crippen molar-refractivity contribution in [1.82, 2.24) is 0 Å². The second-order valence-corrected chi connectivity index (χ2v) is 5.95. The van der Waals surface area contributed by atoms with Crippen LogP contribution in [-0.2, 0) is 0 Å². The molecule has 122 valence electrons. The van der Waals surface area contributed by atoms with Crippen LogP contribution in [0.3, 0.4) is 0 Å². The average molecular weight is 317 g/mol. The summed E-state index contributed by atoms with van der Waals surface area (Å²) in [5.41, 5.74) is 4.43. The van der Waals surface area contributed by atoms with E-state index in [1.165, 1.54) is 22.1 Å². The van der Waals surface area contributed by atoms with Crippen molar-refractivity contribution in [1.29, 1.82) is 0 Å². The molecular weight excluding hydrogens is 294 g/mol. The lowest BCUT2D eigenvalue weighted by molar-refractivity contribution is 1.13. The van der Waals surface area contributed by atoms with Gasteiger partial charge in [-0.25, -0.2) is 0 Å². The summed E-state index contributed by atoms with van der Waals surface area (Å²) in [6, 6.07) is 20.9. The molecule has 0 bridgehead atoms. The zero-order chi connectivity index (χ0) is 16.9. The fourth-order valence-electron chi connectivity index (χ4n) is 2.76. The Bertz CT molecular complexity index is 849. The fourth-order valence-corrected chi connectivity index (χ4v) is 2.76. The molecule has 3 aromatic rings. The second kappa shape index (κ2) is 7.18. The van der Waals surface area contributed by atoms with Crippen molar-refractivity contribution in [3.05, 3.63) is 66.2 Å². The summed E-state index contributed by atoms with van der Waals surface area (Å²) in [6.07, 6.45) is 1.95. The Morgan fingerprint density at radius 3 is 2.29 bits per heavy atom. The van der Waals surface area contributed by atoms with E-state index in [0.29, 0.717) is 0 Å². The monoisotopic (exact) mass is 317 g/mol. The zero-order valence-corrected chi connectivity index (χ0v) is 14.5. The molecule has 0 atom stereocenters. The predicted molar refractivity (Wildman–Crippen MR) is 106 cm³/mol. The predicted octanol–water partition coefficient (Wildman–Crippen LogP) is 5.09. The highest BCUT2D eigenvalue weighted by Gasteiger charge is 2.03. The lowest BCUT2D eigenvalue weighted by Crippen LogP contribution is -2.07. The first-order valence-electron chi connectivity index (χ1n) is 8.26. The molecule has 0 saturated heterocycles. The molecule has 3 nitrogen and oxygen atoms in total. The van der Waals surface area contributed by atoms with Crippen molar-refractivity contribution < 1.29 is 0 Å². The molecule has 0 fully saturated rings. The highest BCUT2D eigenvalue weighted by Crippen LogP contribution is 2.26. The molecule has 0 aliphatic heterocycles. The molecule has 0 aliphatic carbocycles. The molecule has 0 aromatic heterocycles. The number of hydrogen-bond acceptors (Lipinski definition) is 3. The molecular formula is C21H23N3. The molecule has 3 rings (SSSR count). The van der Waals surface area contributed by atoms with Gasteiger partial charge in [0.15, 0.2) is 0 Å². The maximum absolute atomic E-state index is 4.64. The molecule has 3 heteroatoms.